The van der Waals surface area contributed by atoms with E-state index in [-0.39, 0.29) is 17.5 Å². The monoisotopic (exact) mass is 383 g/mol. The molecular weight excluding hydrogens is 354 g/mol. The van der Waals surface area contributed by atoms with Gasteiger partial charge in [0.2, 0.25) is 0 Å². The SMILES string of the molecule is CC(C)(C)n1ncc(C(=O)NC2[C@@H]3CC4C[C@H]2CC(O)(C4)C3)c1-n1cccn1. The van der Waals surface area contributed by atoms with Crippen LogP contribution in [0.25, 0.3) is 5.82 Å². The predicted octanol–water partition coefficient (Wildman–Crippen LogP) is 2.49. The summed E-state index contributed by atoms with van der Waals surface area (Å²) in [5.74, 6) is 1.99. The Hall–Kier alpha value is -2.15. The van der Waals surface area contributed by atoms with E-state index >= 15 is 0 Å². The molecule has 28 heavy (non-hydrogen) atoms. The van der Waals surface area contributed by atoms with Gasteiger partial charge in [-0.25, -0.2) is 9.36 Å². The van der Waals surface area contributed by atoms with E-state index in [2.05, 4.69) is 36.3 Å². The van der Waals surface area contributed by atoms with Crippen molar-refractivity contribution in [2.75, 3.05) is 0 Å². The van der Waals surface area contributed by atoms with Crippen molar-refractivity contribution < 1.29 is 9.90 Å². The number of nitrogens with one attached hydrogen (secondary N) is 1. The van der Waals surface area contributed by atoms with E-state index in [4.69, 9.17) is 0 Å². The summed E-state index contributed by atoms with van der Waals surface area (Å²) in [5, 5.41) is 23.0. The van der Waals surface area contributed by atoms with Crippen LogP contribution in [0.5, 0.6) is 0 Å². The van der Waals surface area contributed by atoms with Crippen LogP contribution in [0.15, 0.2) is 24.7 Å². The van der Waals surface area contributed by atoms with Gasteiger partial charge in [0.1, 0.15) is 5.56 Å². The summed E-state index contributed by atoms with van der Waals surface area (Å²) in [7, 11) is 0. The second kappa shape index (κ2) is 5.92. The average Bonchev–Trinajstić information content (AvgIpc) is 3.24. The molecule has 2 heterocycles. The van der Waals surface area contributed by atoms with Crippen LogP contribution in [0, 0.1) is 17.8 Å². The van der Waals surface area contributed by atoms with E-state index in [9.17, 15) is 9.90 Å². The van der Waals surface area contributed by atoms with E-state index in [0.29, 0.717) is 29.1 Å². The number of aromatic nitrogens is 4. The molecule has 4 aliphatic rings. The van der Waals surface area contributed by atoms with Crippen LogP contribution in [0.4, 0.5) is 0 Å². The van der Waals surface area contributed by atoms with Gasteiger partial charge in [0.25, 0.3) is 5.91 Å². The molecule has 7 heteroatoms. The van der Waals surface area contributed by atoms with Crippen molar-refractivity contribution in [3.05, 3.63) is 30.2 Å². The Bertz CT molecular complexity index is 879. The van der Waals surface area contributed by atoms with Crippen LogP contribution in [-0.4, -0.2) is 42.2 Å². The van der Waals surface area contributed by atoms with Gasteiger partial charge in [-0.05, 0) is 76.7 Å². The van der Waals surface area contributed by atoms with Gasteiger partial charge >= 0.3 is 0 Å². The van der Waals surface area contributed by atoms with Crippen molar-refractivity contribution in [3.63, 3.8) is 0 Å². The standard InChI is InChI=1S/C21H29N5O2/c1-20(2,3)26-19(25-6-4-5-22-25)16(12-23-26)18(27)24-17-14-7-13-8-15(17)11-21(28,9-13)10-14/h4-6,12-15,17,28H,7-11H2,1-3H3,(H,24,27)/t13?,14-,15+,17?,21?. The van der Waals surface area contributed by atoms with Gasteiger partial charge in [0.05, 0.1) is 17.3 Å². The molecule has 2 N–H and O–H groups in total. The maximum atomic E-state index is 13.3. The molecule has 6 rings (SSSR count). The number of carbonyl (C=O) groups excluding carboxylic acids is 1. The molecule has 5 atom stereocenters. The van der Waals surface area contributed by atoms with Crippen LogP contribution in [-0.2, 0) is 5.54 Å². The maximum absolute atomic E-state index is 13.3. The Morgan fingerprint density at radius 2 is 1.93 bits per heavy atom. The van der Waals surface area contributed by atoms with Gasteiger partial charge in [0.15, 0.2) is 5.82 Å². The third-order valence-electron chi connectivity index (χ3n) is 6.88. The first-order valence-electron chi connectivity index (χ1n) is 10.4. The zero-order chi connectivity index (χ0) is 19.7. The summed E-state index contributed by atoms with van der Waals surface area (Å²) in [6.45, 7) is 6.19. The molecule has 4 aliphatic carbocycles. The van der Waals surface area contributed by atoms with Gasteiger partial charge < -0.3 is 10.4 Å². The number of rotatable bonds is 3. The summed E-state index contributed by atoms with van der Waals surface area (Å²) in [6.07, 6.45) is 10.0. The van der Waals surface area contributed by atoms with Crippen LogP contribution in [0.3, 0.4) is 0 Å². The van der Waals surface area contributed by atoms with Gasteiger partial charge in [-0.15, -0.1) is 0 Å². The highest BCUT2D eigenvalue weighted by Gasteiger charge is 2.55. The first-order chi connectivity index (χ1) is 13.2. The van der Waals surface area contributed by atoms with Gasteiger partial charge in [-0.1, -0.05) is 0 Å². The molecule has 4 fully saturated rings. The molecule has 2 aromatic rings. The Morgan fingerprint density at radius 3 is 2.50 bits per heavy atom. The largest absolute Gasteiger partial charge is 0.390 e. The first-order valence-corrected chi connectivity index (χ1v) is 10.4. The minimum absolute atomic E-state index is 0.0922. The zero-order valence-electron chi connectivity index (χ0n) is 16.8. The molecule has 4 saturated carbocycles. The van der Waals surface area contributed by atoms with Crippen LogP contribution in [0.2, 0.25) is 0 Å². The van der Waals surface area contributed by atoms with Crippen LogP contribution in [0.1, 0.15) is 63.2 Å². The summed E-state index contributed by atoms with van der Waals surface area (Å²) in [6, 6.07) is 1.99. The fourth-order valence-electron chi connectivity index (χ4n) is 6.05. The Balaban J connectivity index is 1.45. The average molecular weight is 383 g/mol. The van der Waals surface area contributed by atoms with Crippen molar-refractivity contribution in [3.8, 4) is 5.82 Å². The molecule has 3 unspecified atom stereocenters. The molecular formula is C21H29N5O2. The Kier molecular flexibility index (Phi) is 3.79. The number of hydrogen-bond donors (Lipinski definition) is 2. The Morgan fingerprint density at radius 1 is 1.21 bits per heavy atom. The molecule has 0 aliphatic heterocycles. The van der Waals surface area contributed by atoms with Gasteiger partial charge in [0, 0.05) is 18.4 Å². The number of amides is 1. The van der Waals surface area contributed by atoms with Crippen molar-refractivity contribution in [2.24, 2.45) is 17.8 Å². The molecule has 0 saturated heterocycles. The maximum Gasteiger partial charge on any atom is 0.256 e. The second-order valence-corrected chi connectivity index (χ2v) is 10.1. The van der Waals surface area contributed by atoms with E-state index in [1.165, 1.54) is 0 Å². The molecule has 1 amide bonds. The molecule has 7 nitrogen and oxygen atoms in total. The molecule has 0 radical (unpaired) electrons. The van der Waals surface area contributed by atoms with Crippen LogP contribution < -0.4 is 5.32 Å². The summed E-state index contributed by atoms with van der Waals surface area (Å²) in [4.78, 5) is 13.3. The summed E-state index contributed by atoms with van der Waals surface area (Å²) >= 11 is 0. The minimum Gasteiger partial charge on any atom is -0.390 e. The zero-order valence-corrected chi connectivity index (χ0v) is 16.8. The summed E-state index contributed by atoms with van der Waals surface area (Å²) < 4.78 is 3.57. The lowest BCUT2D eigenvalue weighted by Gasteiger charge is -2.58. The quantitative estimate of drug-likeness (QED) is 0.853. The lowest BCUT2D eigenvalue weighted by Crippen LogP contribution is -2.61. The van der Waals surface area contributed by atoms with Gasteiger partial charge in [-0.2, -0.15) is 10.2 Å². The molecule has 150 valence electrons. The normalized spacial score (nSPS) is 34.0. The number of nitrogens with zero attached hydrogens (tertiary/aromatic N) is 4. The fourth-order valence-corrected chi connectivity index (χ4v) is 6.05. The highest BCUT2D eigenvalue weighted by molar-refractivity contribution is 5.97. The van der Waals surface area contributed by atoms with Crippen LogP contribution >= 0.6 is 0 Å². The van der Waals surface area contributed by atoms with E-state index in [0.717, 1.165) is 32.1 Å². The fraction of sp³-hybridized carbons (Fsp3) is 0.667. The van der Waals surface area contributed by atoms with E-state index in [1.807, 2.05) is 16.9 Å². The second-order valence-electron chi connectivity index (χ2n) is 10.1. The lowest BCUT2D eigenvalue weighted by molar-refractivity contribution is -0.136. The third-order valence-corrected chi connectivity index (χ3v) is 6.88. The highest BCUT2D eigenvalue weighted by Crippen LogP contribution is 2.55. The Labute approximate surface area is 165 Å². The summed E-state index contributed by atoms with van der Waals surface area (Å²) in [5.41, 5.74) is -0.216. The minimum atomic E-state index is -0.491. The van der Waals surface area contributed by atoms with E-state index in [1.54, 1.807) is 17.1 Å². The lowest BCUT2D eigenvalue weighted by atomic mass is 9.52. The highest BCUT2D eigenvalue weighted by atomic mass is 16.3. The van der Waals surface area contributed by atoms with Crippen molar-refractivity contribution in [1.82, 2.24) is 24.9 Å². The van der Waals surface area contributed by atoms with Crippen molar-refractivity contribution >= 4 is 5.91 Å². The number of hydrogen-bond acceptors (Lipinski definition) is 4. The van der Waals surface area contributed by atoms with Crippen molar-refractivity contribution in [1.29, 1.82) is 0 Å². The number of carbonyl (C=O) groups is 1. The molecule has 0 spiro atoms. The van der Waals surface area contributed by atoms with Gasteiger partial charge in [-0.3, -0.25) is 4.79 Å². The smallest absolute Gasteiger partial charge is 0.256 e. The molecule has 2 aromatic heterocycles. The number of aliphatic hydroxyl groups is 1. The van der Waals surface area contributed by atoms with E-state index < -0.39 is 5.60 Å². The van der Waals surface area contributed by atoms with Crippen molar-refractivity contribution in [2.45, 2.75) is 70.1 Å². The topological polar surface area (TPSA) is 85.0 Å². The third kappa shape index (κ3) is 2.79. The molecule has 4 bridgehead atoms. The first kappa shape index (κ1) is 17.9. The molecule has 0 aromatic carbocycles. The predicted molar refractivity (Wildman–Crippen MR) is 104 cm³/mol.